The summed E-state index contributed by atoms with van der Waals surface area (Å²) < 4.78 is 0.811. The minimum Gasteiger partial charge on any atom is -0.329 e. The van der Waals surface area contributed by atoms with Crippen molar-refractivity contribution in [2.45, 2.75) is 0 Å². The van der Waals surface area contributed by atoms with Crippen LogP contribution >= 0.6 is 0 Å². The SMILES string of the molecule is C[N+](C)(C)CCN=O. The Bertz CT molecular complexity index is 75.0. The molecule has 0 atom stereocenters. The first kappa shape index (κ1) is 7.56. The van der Waals surface area contributed by atoms with E-state index in [-0.39, 0.29) is 0 Å². The third-order valence-electron chi connectivity index (χ3n) is 0.862. The van der Waals surface area contributed by atoms with Crippen LogP contribution in [-0.4, -0.2) is 38.7 Å². The van der Waals surface area contributed by atoms with Crippen molar-refractivity contribution in [1.82, 2.24) is 0 Å². The van der Waals surface area contributed by atoms with E-state index in [1.165, 1.54) is 0 Å². The van der Waals surface area contributed by atoms with Gasteiger partial charge >= 0.3 is 0 Å². The van der Waals surface area contributed by atoms with Crippen molar-refractivity contribution >= 4 is 0 Å². The first-order chi connectivity index (χ1) is 3.56. The molecule has 0 rings (SSSR count). The average Bonchev–Trinajstić information content (AvgIpc) is 1.59. The van der Waals surface area contributed by atoms with Crippen LogP contribution in [0.1, 0.15) is 0 Å². The van der Waals surface area contributed by atoms with Crippen molar-refractivity contribution in [2.24, 2.45) is 5.18 Å². The van der Waals surface area contributed by atoms with E-state index in [1.807, 2.05) is 21.1 Å². The Balaban J connectivity index is 3.24. The summed E-state index contributed by atoms with van der Waals surface area (Å²) in [4.78, 5) is 9.59. The van der Waals surface area contributed by atoms with Gasteiger partial charge in [0.05, 0.1) is 21.1 Å². The third-order valence-corrected chi connectivity index (χ3v) is 0.862. The summed E-state index contributed by atoms with van der Waals surface area (Å²) in [7, 11) is 6.10. The van der Waals surface area contributed by atoms with Gasteiger partial charge in [-0.15, -0.1) is 0 Å². The van der Waals surface area contributed by atoms with Gasteiger partial charge in [-0.25, -0.2) is 0 Å². The van der Waals surface area contributed by atoms with Crippen molar-refractivity contribution in [3.63, 3.8) is 0 Å². The predicted octanol–water partition coefficient (Wildman–Crippen LogP) is 0.459. The second-order valence-corrected chi connectivity index (χ2v) is 2.87. The number of nitrogens with zero attached hydrogens (tertiary/aromatic N) is 2. The minimum atomic E-state index is 0.420. The molecule has 0 aromatic rings. The summed E-state index contributed by atoms with van der Waals surface area (Å²) in [5.41, 5.74) is 0. The molecule has 0 aromatic heterocycles. The first-order valence-electron chi connectivity index (χ1n) is 2.66. The number of quaternary nitrogens is 1. The van der Waals surface area contributed by atoms with Crippen molar-refractivity contribution in [3.8, 4) is 0 Å². The molecular weight excluding hydrogens is 104 g/mol. The van der Waals surface area contributed by atoms with Crippen molar-refractivity contribution < 1.29 is 4.48 Å². The molecule has 0 unspecified atom stereocenters. The Hall–Kier alpha value is -0.440. The van der Waals surface area contributed by atoms with Gasteiger partial charge in [0.1, 0.15) is 13.1 Å². The van der Waals surface area contributed by atoms with Crippen LogP contribution in [0.4, 0.5) is 0 Å². The molecule has 0 spiro atoms. The van der Waals surface area contributed by atoms with Gasteiger partial charge in [-0.2, -0.15) is 4.91 Å². The molecule has 0 radical (unpaired) electrons. The van der Waals surface area contributed by atoms with Gasteiger partial charge in [-0.05, 0) is 0 Å². The number of rotatable bonds is 3. The standard InChI is InChI=1S/C5H13N2O/c1-7(2,3)5-4-6-8/h4-5H2,1-3H3/q+1. The lowest BCUT2D eigenvalue weighted by molar-refractivity contribution is -0.868. The fraction of sp³-hybridized carbons (Fsp3) is 1.00. The molecule has 0 aliphatic heterocycles. The summed E-state index contributed by atoms with van der Waals surface area (Å²) in [6.07, 6.45) is 0. The number of likely N-dealkylation sites (N-methyl/N-ethyl adjacent to an activating group) is 1. The zero-order chi connectivity index (χ0) is 6.62. The maximum Gasteiger partial charge on any atom is 0.130 e. The topological polar surface area (TPSA) is 29.4 Å². The van der Waals surface area contributed by atoms with E-state index in [4.69, 9.17) is 0 Å². The molecule has 8 heavy (non-hydrogen) atoms. The smallest absolute Gasteiger partial charge is 0.130 e. The van der Waals surface area contributed by atoms with Gasteiger partial charge in [-0.3, -0.25) is 0 Å². The lowest BCUT2D eigenvalue weighted by Crippen LogP contribution is -2.36. The van der Waals surface area contributed by atoms with Crippen LogP contribution in [-0.2, 0) is 0 Å². The molecule has 0 fully saturated rings. The maximum atomic E-state index is 9.59. The summed E-state index contributed by atoms with van der Waals surface area (Å²) in [6.45, 7) is 1.24. The van der Waals surface area contributed by atoms with Gasteiger partial charge in [0.15, 0.2) is 0 Å². The molecule has 0 aromatic carbocycles. The Morgan fingerprint density at radius 1 is 1.38 bits per heavy atom. The highest BCUT2D eigenvalue weighted by Gasteiger charge is 2.04. The van der Waals surface area contributed by atoms with Crippen molar-refractivity contribution in [1.29, 1.82) is 0 Å². The van der Waals surface area contributed by atoms with Gasteiger partial charge in [0.2, 0.25) is 0 Å². The number of nitroso groups, excluding NO2 is 1. The fourth-order valence-corrected chi connectivity index (χ4v) is 0.341. The zero-order valence-electron chi connectivity index (χ0n) is 5.72. The van der Waals surface area contributed by atoms with Crippen LogP contribution in [0.25, 0.3) is 0 Å². The molecule has 0 aliphatic carbocycles. The van der Waals surface area contributed by atoms with Crippen LogP contribution in [0.5, 0.6) is 0 Å². The molecule has 3 nitrogen and oxygen atoms in total. The molecule has 0 saturated carbocycles. The van der Waals surface area contributed by atoms with E-state index in [1.54, 1.807) is 0 Å². The molecule has 0 saturated heterocycles. The molecular formula is C5H13N2O+. The van der Waals surface area contributed by atoms with Crippen LogP contribution in [0.15, 0.2) is 5.18 Å². The van der Waals surface area contributed by atoms with Gasteiger partial charge in [0, 0.05) is 0 Å². The summed E-state index contributed by atoms with van der Waals surface area (Å²) >= 11 is 0. The second-order valence-electron chi connectivity index (χ2n) is 2.87. The van der Waals surface area contributed by atoms with Gasteiger partial charge in [-0.1, -0.05) is 5.18 Å². The van der Waals surface area contributed by atoms with Crippen LogP contribution in [0.2, 0.25) is 0 Å². The largest absolute Gasteiger partial charge is 0.329 e. The first-order valence-corrected chi connectivity index (χ1v) is 2.66. The molecule has 3 heteroatoms. The summed E-state index contributed by atoms with van der Waals surface area (Å²) in [6, 6.07) is 0. The van der Waals surface area contributed by atoms with E-state index >= 15 is 0 Å². The van der Waals surface area contributed by atoms with E-state index in [2.05, 4.69) is 5.18 Å². The van der Waals surface area contributed by atoms with E-state index in [0.29, 0.717) is 6.54 Å². The monoisotopic (exact) mass is 117 g/mol. The normalized spacial score (nSPS) is 11.4. The highest BCUT2D eigenvalue weighted by Crippen LogP contribution is 1.87. The Morgan fingerprint density at radius 2 is 1.88 bits per heavy atom. The fourth-order valence-electron chi connectivity index (χ4n) is 0.341. The zero-order valence-corrected chi connectivity index (χ0v) is 5.72. The van der Waals surface area contributed by atoms with Gasteiger partial charge in [0.25, 0.3) is 0 Å². The van der Waals surface area contributed by atoms with Crippen LogP contribution in [0.3, 0.4) is 0 Å². The predicted molar refractivity (Wildman–Crippen MR) is 33.6 cm³/mol. The summed E-state index contributed by atoms with van der Waals surface area (Å²) in [5.74, 6) is 0. The second kappa shape index (κ2) is 2.77. The quantitative estimate of drug-likeness (QED) is 0.390. The molecule has 0 amide bonds. The van der Waals surface area contributed by atoms with Crippen LogP contribution < -0.4 is 0 Å². The minimum absolute atomic E-state index is 0.420. The average molecular weight is 117 g/mol. The van der Waals surface area contributed by atoms with Crippen LogP contribution in [0, 0.1) is 4.91 Å². The molecule has 48 valence electrons. The molecule has 0 bridgehead atoms. The third kappa shape index (κ3) is 5.56. The number of hydrogen-bond acceptors (Lipinski definition) is 2. The lowest BCUT2D eigenvalue weighted by Gasteiger charge is -2.21. The maximum absolute atomic E-state index is 9.59. The molecule has 0 aliphatic rings. The van der Waals surface area contributed by atoms with E-state index in [9.17, 15) is 4.91 Å². The number of hydrogen-bond donors (Lipinski definition) is 0. The summed E-state index contributed by atoms with van der Waals surface area (Å²) in [5, 5.41) is 2.76. The van der Waals surface area contributed by atoms with Gasteiger partial charge < -0.3 is 4.48 Å². The van der Waals surface area contributed by atoms with E-state index in [0.717, 1.165) is 11.0 Å². The van der Waals surface area contributed by atoms with Crippen molar-refractivity contribution in [3.05, 3.63) is 4.91 Å². The Morgan fingerprint density at radius 3 is 2.00 bits per heavy atom. The van der Waals surface area contributed by atoms with E-state index < -0.39 is 0 Å². The highest BCUT2D eigenvalue weighted by molar-refractivity contribution is 4.35. The molecule has 0 heterocycles. The van der Waals surface area contributed by atoms with Crippen molar-refractivity contribution in [2.75, 3.05) is 34.2 Å². The Kier molecular flexibility index (Phi) is 2.62. The molecule has 0 N–H and O–H groups in total. The lowest BCUT2D eigenvalue weighted by atomic mass is 10.5. The highest BCUT2D eigenvalue weighted by atomic mass is 16.3. The Labute approximate surface area is 49.9 Å².